The average molecular weight is 320 g/mol. The molecule has 24 heavy (non-hydrogen) atoms. The Hall–Kier alpha value is -3.41. The Morgan fingerprint density at radius 2 is 1.75 bits per heavy atom. The van der Waals surface area contributed by atoms with Gasteiger partial charge in [0.1, 0.15) is 23.7 Å². The van der Waals surface area contributed by atoms with Crippen LogP contribution < -0.4 is 10.6 Å². The first kappa shape index (κ1) is 15.5. The average Bonchev–Trinajstić information content (AvgIpc) is 2.61. The summed E-state index contributed by atoms with van der Waals surface area (Å²) in [6.45, 7) is 0.489. The molecule has 120 valence electrons. The lowest BCUT2D eigenvalue weighted by Crippen LogP contribution is -2.20. The lowest BCUT2D eigenvalue weighted by molar-refractivity contribution is 0.112. The Bertz CT molecular complexity index is 835. The fraction of sp³-hybridized carbons (Fsp3) is 0.0556. The van der Waals surface area contributed by atoms with E-state index in [0.717, 1.165) is 11.3 Å². The maximum atomic E-state index is 11.5. The zero-order chi connectivity index (χ0) is 16.9. The third kappa shape index (κ3) is 3.17. The van der Waals surface area contributed by atoms with E-state index < -0.39 is 0 Å². The monoisotopic (exact) mass is 320 g/mol. The highest BCUT2D eigenvalue weighted by molar-refractivity contribution is 5.90. The van der Waals surface area contributed by atoms with Gasteiger partial charge >= 0.3 is 0 Å². The molecule has 3 N–H and O–H groups in total. The van der Waals surface area contributed by atoms with Crippen molar-refractivity contribution in [1.29, 1.82) is 0 Å². The Balaban J connectivity index is 2.10. The molecule has 1 aromatic heterocycles. The van der Waals surface area contributed by atoms with Gasteiger partial charge < -0.3 is 15.7 Å². The van der Waals surface area contributed by atoms with E-state index in [9.17, 15) is 9.90 Å². The van der Waals surface area contributed by atoms with Gasteiger partial charge in [-0.15, -0.1) is 0 Å². The number of carbonyl (C=O) groups is 1. The number of hydrogen-bond acceptors (Lipinski definition) is 6. The highest BCUT2D eigenvalue weighted by atomic mass is 16.3. The van der Waals surface area contributed by atoms with Gasteiger partial charge in [0.15, 0.2) is 6.29 Å². The van der Waals surface area contributed by atoms with Crippen LogP contribution in [0.3, 0.4) is 0 Å². The quantitative estimate of drug-likeness (QED) is 0.702. The molecular formula is C18H16N4O2. The van der Waals surface area contributed by atoms with Gasteiger partial charge in [-0.05, 0) is 29.8 Å². The van der Waals surface area contributed by atoms with Crippen molar-refractivity contribution in [1.82, 2.24) is 9.97 Å². The molecular weight excluding hydrogens is 304 g/mol. The molecule has 0 atom stereocenters. The zero-order valence-corrected chi connectivity index (χ0v) is 12.8. The number of nitrogen functional groups attached to an aromatic ring is 1. The Morgan fingerprint density at radius 1 is 1.04 bits per heavy atom. The van der Waals surface area contributed by atoms with Crippen molar-refractivity contribution < 1.29 is 9.90 Å². The van der Waals surface area contributed by atoms with Crippen molar-refractivity contribution >= 4 is 23.6 Å². The maximum absolute atomic E-state index is 11.5. The van der Waals surface area contributed by atoms with E-state index >= 15 is 0 Å². The smallest absolute Gasteiger partial charge is 0.157 e. The first-order valence-corrected chi connectivity index (χ1v) is 7.35. The van der Waals surface area contributed by atoms with Gasteiger partial charge in [-0.1, -0.05) is 30.3 Å². The second-order valence-electron chi connectivity index (χ2n) is 5.20. The van der Waals surface area contributed by atoms with E-state index in [4.69, 9.17) is 5.73 Å². The minimum absolute atomic E-state index is 0.131. The molecule has 1 heterocycles. The second kappa shape index (κ2) is 6.78. The number of nitrogens with two attached hydrogens (primary N) is 1. The Labute approximate surface area is 139 Å². The van der Waals surface area contributed by atoms with E-state index in [2.05, 4.69) is 9.97 Å². The number of hydrogen-bond donors (Lipinski definition) is 2. The molecule has 3 aromatic rings. The molecule has 0 radical (unpaired) electrons. The summed E-state index contributed by atoms with van der Waals surface area (Å²) < 4.78 is 0. The van der Waals surface area contributed by atoms with Gasteiger partial charge in [0.2, 0.25) is 0 Å². The molecule has 0 amide bonds. The van der Waals surface area contributed by atoms with Crippen molar-refractivity contribution in [2.45, 2.75) is 6.54 Å². The standard InChI is InChI=1S/C18H16N4O2/c19-17-16(11-23)18(21-12-20-17)22(10-13-4-2-1-3-5-13)14-6-8-15(24)9-7-14/h1-9,11-12,24H,10H2,(H2,19,20,21). The Morgan fingerprint density at radius 3 is 2.42 bits per heavy atom. The fourth-order valence-corrected chi connectivity index (χ4v) is 2.41. The van der Waals surface area contributed by atoms with E-state index in [1.165, 1.54) is 6.33 Å². The van der Waals surface area contributed by atoms with Gasteiger partial charge in [-0.25, -0.2) is 9.97 Å². The van der Waals surface area contributed by atoms with E-state index in [1.807, 2.05) is 35.2 Å². The largest absolute Gasteiger partial charge is 0.508 e. The van der Waals surface area contributed by atoms with Crippen LogP contribution in [-0.2, 0) is 6.54 Å². The molecule has 0 unspecified atom stereocenters. The highest BCUT2D eigenvalue weighted by Crippen LogP contribution is 2.30. The molecule has 6 heteroatoms. The molecule has 0 fully saturated rings. The lowest BCUT2D eigenvalue weighted by atomic mass is 10.1. The lowest BCUT2D eigenvalue weighted by Gasteiger charge is -2.25. The van der Waals surface area contributed by atoms with Gasteiger partial charge in [0, 0.05) is 12.2 Å². The predicted octanol–water partition coefficient (Wildman–Crippen LogP) is 2.92. The van der Waals surface area contributed by atoms with Gasteiger partial charge in [-0.2, -0.15) is 0 Å². The van der Waals surface area contributed by atoms with Crippen LogP contribution in [0.25, 0.3) is 0 Å². The number of carbonyl (C=O) groups excluding carboxylic acids is 1. The topological polar surface area (TPSA) is 92.3 Å². The SMILES string of the molecule is Nc1ncnc(N(Cc2ccccc2)c2ccc(O)cc2)c1C=O. The second-order valence-corrected chi connectivity index (χ2v) is 5.20. The van der Waals surface area contributed by atoms with Gasteiger partial charge in [0.05, 0.1) is 5.56 Å². The number of phenolic OH excluding ortho intramolecular Hbond substituents is 1. The molecule has 0 aliphatic rings. The van der Waals surface area contributed by atoms with E-state index in [1.54, 1.807) is 24.3 Å². The van der Waals surface area contributed by atoms with Crippen molar-refractivity contribution in [2.75, 3.05) is 10.6 Å². The van der Waals surface area contributed by atoms with Crippen LogP contribution in [0.2, 0.25) is 0 Å². The van der Waals surface area contributed by atoms with Crippen molar-refractivity contribution in [3.05, 3.63) is 72.1 Å². The van der Waals surface area contributed by atoms with Crippen molar-refractivity contribution in [2.24, 2.45) is 0 Å². The summed E-state index contributed by atoms with van der Waals surface area (Å²) in [6.07, 6.45) is 1.99. The van der Waals surface area contributed by atoms with E-state index in [-0.39, 0.29) is 17.1 Å². The highest BCUT2D eigenvalue weighted by Gasteiger charge is 2.18. The molecule has 0 spiro atoms. The third-order valence-electron chi connectivity index (χ3n) is 3.61. The van der Waals surface area contributed by atoms with Crippen LogP contribution in [0.4, 0.5) is 17.3 Å². The zero-order valence-electron chi connectivity index (χ0n) is 12.8. The molecule has 2 aromatic carbocycles. The first-order chi connectivity index (χ1) is 11.7. The predicted molar refractivity (Wildman–Crippen MR) is 92.2 cm³/mol. The number of nitrogens with zero attached hydrogens (tertiary/aromatic N) is 3. The van der Waals surface area contributed by atoms with Crippen LogP contribution in [0.15, 0.2) is 60.9 Å². The molecule has 0 saturated heterocycles. The summed E-state index contributed by atoms with van der Waals surface area (Å²) >= 11 is 0. The summed E-state index contributed by atoms with van der Waals surface area (Å²) in [7, 11) is 0. The molecule has 3 rings (SSSR count). The van der Waals surface area contributed by atoms with Crippen LogP contribution in [-0.4, -0.2) is 21.4 Å². The molecule has 0 saturated carbocycles. The molecule has 6 nitrogen and oxygen atoms in total. The minimum atomic E-state index is 0.131. The van der Waals surface area contributed by atoms with Crippen LogP contribution >= 0.6 is 0 Å². The third-order valence-corrected chi connectivity index (χ3v) is 3.61. The first-order valence-electron chi connectivity index (χ1n) is 7.35. The molecule has 0 bridgehead atoms. The molecule has 0 aliphatic carbocycles. The summed E-state index contributed by atoms with van der Waals surface area (Å²) in [5.74, 6) is 0.718. The number of aldehydes is 1. The molecule has 0 aliphatic heterocycles. The van der Waals surface area contributed by atoms with Crippen molar-refractivity contribution in [3.63, 3.8) is 0 Å². The number of benzene rings is 2. The number of aromatic hydroxyl groups is 1. The van der Waals surface area contributed by atoms with Crippen LogP contribution in [0.1, 0.15) is 15.9 Å². The normalized spacial score (nSPS) is 10.3. The number of anilines is 3. The summed E-state index contributed by atoms with van der Waals surface area (Å²) in [6, 6.07) is 16.5. The summed E-state index contributed by atoms with van der Waals surface area (Å²) in [5, 5.41) is 9.52. The summed E-state index contributed by atoms with van der Waals surface area (Å²) in [5.41, 5.74) is 7.87. The van der Waals surface area contributed by atoms with E-state index in [0.29, 0.717) is 18.6 Å². The minimum Gasteiger partial charge on any atom is -0.508 e. The van der Waals surface area contributed by atoms with Gasteiger partial charge in [-0.3, -0.25) is 4.79 Å². The number of rotatable bonds is 5. The fourth-order valence-electron chi connectivity index (χ4n) is 2.41. The van der Waals surface area contributed by atoms with Crippen molar-refractivity contribution in [3.8, 4) is 5.75 Å². The number of aromatic nitrogens is 2. The van der Waals surface area contributed by atoms with Crippen LogP contribution in [0.5, 0.6) is 5.75 Å². The number of phenols is 1. The summed E-state index contributed by atoms with van der Waals surface area (Å²) in [4.78, 5) is 21.4. The van der Waals surface area contributed by atoms with Gasteiger partial charge in [0.25, 0.3) is 0 Å². The Kier molecular flexibility index (Phi) is 4.38. The van der Waals surface area contributed by atoms with Crippen LogP contribution in [0, 0.1) is 0 Å². The maximum Gasteiger partial charge on any atom is 0.157 e.